The molecule has 0 unspecified atom stereocenters. The van der Waals surface area contributed by atoms with Crippen LogP contribution in [0.1, 0.15) is 11.1 Å². The van der Waals surface area contributed by atoms with Crippen molar-refractivity contribution in [1.82, 2.24) is 19.8 Å². The molecule has 6 amide bonds. The molecule has 2 heterocycles. The predicted octanol–water partition coefficient (Wildman–Crippen LogP) is 6.54. The van der Waals surface area contributed by atoms with Gasteiger partial charge in [-0.2, -0.15) is 0 Å². The molecule has 0 bridgehead atoms. The van der Waals surface area contributed by atoms with Gasteiger partial charge in [0.25, 0.3) is 11.1 Å². The molecule has 6 N–H and O–H groups in total. The molecule has 2 aromatic heterocycles. The number of hydrogen-bond acceptors (Lipinski definition) is 6. The van der Waals surface area contributed by atoms with E-state index in [4.69, 9.17) is 46.4 Å². The lowest BCUT2D eigenvalue weighted by molar-refractivity contribution is -0.122. The quantitative estimate of drug-likeness (QED) is 0.0831. The summed E-state index contributed by atoms with van der Waals surface area (Å²) in [6.45, 7) is -0.244. The highest BCUT2D eigenvalue weighted by Crippen LogP contribution is 2.23. The molecule has 0 aliphatic rings. The van der Waals surface area contributed by atoms with Crippen molar-refractivity contribution in [3.63, 3.8) is 0 Å². The number of urea groups is 2. The standard InChI is InChI=1S/C36H30Cl4N8O6/c37-25-11-5-21(15-27(25)39)17-41-31(49)19-47-13-1-3-29(33(47)51)45-35(53)43-23-7-9-24(10-8-23)44-36(54)46-30-4-2-14-48(34(30)52)20-32(50)42-18-22-6-12-26(38)28(40)16-22/h1-16H,17-20H2,(H,41,49)(H,42,50)(H2,43,45,53)(H2,44,46,54). The van der Waals surface area contributed by atoms with E-state index in [1.165, 1.54) is 60.9 Å². The van der Waals surface area contributed by atoms with Crippen molar-refractivity contribution < 1.29 is 19.2 Å². The first-order valence-electron chi connectivity index (χ1n) is 15.9. The molecule has 0 aliphatic carbocycles. The van der Waals surface area contributed by atoms with Gasteiger partial charge in [-0.05, 0) is 83.9 Å². The predicted molar refractivity (Wildman–Crippen MR) is 210 cm³/mol. The second-order valence-corrected chi connectivity index (χ2v) is 13.1. The Balaban J connectivity index is 1.09. The Kier molecular flexibility index (Phi) is 13.4. The fourth-order valence-electron chi connectivity index (χ4n) is 4.84. The highest BCUT2D eigenvalue weighted by molar-refractivity contribution is 6.42. The van der Waals surface area contributed by atoms with Crippen LogP contribution in [0.5, 0.6) is 0 Å². The Labute approximate surface area is 327 Å². The molecule has 0 spiro atoms. The molecule has 5 rings (SSSR count). The maximum atomic E-state index is 12.9. The summed E-state index contributed by atoms with van der Waals surface area (Å²) in [6, 6.07) is 20.3. The van der Waals surface area contributed by atoms with Crippen LogP contribution in [0.2, 0.25) is 20.1 Å². The van der Waals surface area contributed by atoms with Gasteiger partial charge in [0.05, 0.1) is 20.1 Å². The van der Waals surface area contributed by atoms with Gasteiger partial charge in [-0.3, -0.25) is 19.2 Å². The zero-order valence-corrected chi connectivity index (χ0v) is 30.9. The number of carbonyl (C=O) groups excluding carboxylic acids is 4. The molecule has 0 radical (unpaired) electrons. The van der Waals surface area contributed by atoms with E-state index in [-0.39, 0.29) is 37.6 Å². The average Bonchev–Trinajstić information content (AvgIpc) is 3.13. The van der Waals surface area contributed by atoms with Gasteiger partial charge >= 0.3 is 12.1 Å². The number of carbonyl (C=O) groups is 4. The molecule has 0 fully saturated rings. The van der Waals surface area contributed by atoms with E-state index in [0.717, 1.165) is 20.3 Å². The largest absolute Gasteiger partial charge is 0.350 e. The Morgan fingerprint density at radius 2 is 0.889 bits per heavy atom. The topological polar surface area (TPSA) is 184 Å². The molecule has 0 saturated carbocycles. The van der Waals surface area contributed by atoms with Gasteiger partial charge in [-0.25, -0.2) is 9.59 Å². The highest BCUT2D eigenvalue weighted by Gasteiger charge is 2.13. The third-order valence-corrected chi connectivity index (χ3v) is 8.99. The summed E-state index contributed by atoms with van der Waals surface area (Å²) in [4.78, 5) is 76.2. The van der Waals surface area contributed by atoms with E-state index >= 15 is 0 Å². The van der Waals surface area contributed by atoms with E-state index < -0.39 is 35.0 Å². The van der Waals surface area contributed by atoms with Crippen LogP contribution in [-0.2, 0) is 35.8 Å². The fraction of sp³-hybridized carbons (Fsp3) is 0.111. The van der Waals surface area contributed by atoms with E-state index in [0.29, 0.717) is 31.5 Å². The van der Waals surface area contributed by atoms with Crippen LogP contribution in [0, 0.1) is 0 Å². The molecule has 5 aromatic rings. The third kappa shape index (κ3) is 11.1. The summed E-state index contributed by atoms with van der Waals surface area (Å²) in [5, 5.41) is 17.0. The lowest BCUT2D eigenvalue weighted by atomic mass is 10.2. The number of amides is 6. The number of hydrogen-bond donors (Lipinski definition) is 6. The maximum absolute atomic E-state index is 12.9. The number of benzene rings is 3. The Bertz CT molecular complexity index is 2170. The van der Waals surface area contributed by atoms with Crippen molar-refractivity contribution in [2.45, 2.75) is 26.2 Å². The van der Waals surface area contributed by atoms with Crippen molar-refractivity contribution in [3.05, 3.63) is 149 Å². The summed E-state index contributed by atoms with van der Waals surface area (Å²) < 4.78 is 2.29. The summed E-state index contributed by atoms with van der Waals surface area (Å²) in [5.74, 6) is -0.878. The number of anilines is 4. The first kappa shape index (κ1) is 39.4. The molecular formula is C36H30Cl4N8O6. The molecule has 54 heavy (non-hydrogen) atoms. The van der Waals surface area contributed by atoms with Gasteiger partial charge in [0.1, 0.15) is 24.5 Å². The maximum Gasteiger partial charge on any atom is 0.323 e. The van der Waals surface area contributed by atoms with Gasteiger partial charge in [0.2, 0.25) is 11.8 Å². The number of aromatic nitrogens is 2. The molecule has 0 aliphatic heterocycles. The monoisotopic (exact) mass is 810 g/mol. The third-order valence-electron chi connectivity index (χ3n) is 7.51. The van der Waals surface area contributed by atoms with Crippen molar-refractivity contribution in [3.8, 4) is 0 Å². The van der Waals surface area contributed by atoms with Crippen LogP contribution >= 0.6 is 46.4 Å². The van der Waals surface area contributed by atoms with Crippen LogP contribution in [0.3, 0.4) is 0 Å². The van der Waals surface area contributed by atoms with Gasteiger partial charge in [-0.1, -0.05) is 58.5 Å². The molecule has 18 heteroatoms. The molecule has 3 aromatic carbocycles. The van der Waals surface area contributed by atoms with E-state index in [1.54, 1.807) is 36.4 Å². The minimum Gasteiger partial charge on any atom is -0.350 e. The summed E-state index contributed by atoms with van der Waals surface area (Å²) in [6.07, 6.45) is 2.83. The van der Waals surface area contributed by atoms with Crippen molar-refractivity contribution >= 4 is 93.0 Å². The first-order valence-corrected chi connectivity index (χ1v) is 17.4. The molecule has 0 atom stereocenters. The average molecular weight is 812 g/mol. The van der Waals surface area contributed by atoms with E-state index in [9.17, 15) is 28.8 Å². The van der Waals surface area contributed by atoms with Crippen molar-refractivity contribution in [2.24, 2.45) is 0 Å². The van der Waals surface area contributed by atoms with Crippen LogP contribution in [0.25, 0.3) is 0 Å². The normalized spacial score (nSPS) is 10.6. The van der Waals surface area contributed by atoms with Gasteiger partial charge < -0.3 is 41.0 Å². The Morgan fingerprint density at radius 3 is 1.26 bits per heavy atom. The minimum absolute atomic E-state index is 0.0638. The second-order valence-electron chi connectivity index (χ2n) is 11.5. The van der Waals surface area contributed by atoms with Crippen LogP contribution in [0.15, 0.2) is 107 Å². The number of nitrogens with zero attached hydrogens (tertiary/aromatic N) is 2. The number of rotatable bonds is 12. The lowest BCUT2D eigenvalue weighted by Crippen LogP contribution is -2.33. The molecule has 14 nitrogen and oxygen atoms in total. The summed E-state index contributed by atoms with van der Waals surface area (Å²) in [7, 11) is 0. The van der Waals surface area contributed by atoms with Crippen LogP contribution in [-0.4, -0.2) is 33.0 Å². The highest BCUT2D eigenvalue weighted by atomic mass is 35.5. The van der Waals surface area contributed by atoms with Gasteiger partial charge in [-0.15, -0.1) is 0 Å². The molecular weight excluding hydrogens is 782 g/mol. The van der Waals surface area contributed by atoms with E-state index in [1.807, 2.05) is 0 Å². The lowest BCUT2D eigenvalue weighted by Gasteiger charge is -2.12. The fourth-order valence-corrected chi connectivity index (χ4v) is 5.48. The van der Waals surface area contributed by atoms with Crippen molar-refractivity contribution in [2.75, 3.05) is 21.3 Å². The molecule has 0 saturated heterocycles. The van der Waals surface area contributed by atoms with Gasteiger partial charge in [0.15, 0.2) is 0 Å². The Hall–Kier alpha value is -5.80. The van der Waals surface area contributed by atoms with E-state index in [2.05, 4.69) is 31.9 Å². The first-order chi connectivity index (χ1) is 25.8. The van der Waals surface area contributed by atoms with Gasteiger partial charge in [0, 0.05) is 36.9 Å². The summed E-state index contributed by atoms with van der Waals surface area (Å²) in [5.41, 5.74) is 0.783. The Morgan fingerprint density at radius 1 is 0.500 bits per heavy atom. The zero-order chi connectivity index (χ0) is 38.8. The number of halogens is 4. The minimum atomic E-state index is -0.726. The SMILES string of the molecule is O=C(Cn1cccc(NC(=O)Nc2ccc(NC(=O)Nc3cccn(CC(=O)NCc4ccc(Cl)c(Cl)c4)c3=O)cc2)c1=O)NCc1ccc(Cl)c(Cl)c1. The van der Waals surface area contributed by atoms with Crippen LogP contribution < -0.4 is 43.0 Å². The van der Waals surface area contributed by atoms with Crippen LogP contribution in [0.4, 0.5) is 32.3 Å². The zero-order valence-electron chi connectivity index (χ0n) is 27.9. The number of nitrogens with one attached hydrogen (secondary N) is 6. The second kappa shape index (κ2) is 18.3. The summed E-state index contributed by atoms with van der Waals surface area (Å²) >= 11 is 23.9. The number of pyridine rings is 2. The smallest absolute Gasteiger partial charge is 0.323 e. The molecule has 278 valence electrons. The van der Waals surface area contributed by atoms with Crippen molar-refractivity contribution in [1.29, 1.82) is 0 Å².